The lowest BCUT2D eigenvalue weighted by atomic mass is 9.78. The van der Waals surface area contributed by atoms with Crippen molar-refractivity contribution in [2.45, 2.75) is 59.0 Å². The van der Waals surface area contributed by atoms with Crippen LogP contribution in [-0.2, 0) is 0 Å². The maximum absolute atomic E-state index is 6.69. The molecule has 0 fully saturated rings. The maximum atomic E-state index is 6.69. The topological polar surface area (TPSA) is 68.2 Å². The molecule has 0 aromatic carbocycles. The summed E-state index contributed by atoms with van der Waals surface area (Å²) in [5.74, 6) is 0.566. The van der Waals surface area contributed by atoms with Crippen molar-refractivity contribution in [1.82, 2.24) is 9.88 Å². The van der Waals surface area contributed by atoms with Gasteiger partial charge in [-0.3, -0.25) is 4.90 Å². The average molecular weight is 278 g/mol. The van der Waals surface area contributed by atoms with E-state index >= 15 is 0 Å². The first-order chi connectivity index (χ1) is 9.48. The Morgan fingerprint density at radius 1 is 1.20 bits per heavy atom. The van der Waals surface area contributed by atoms with Crippen LogP contribution >= 0.6 is 0 Å². The van der Waals surface area contributed by atoms with Gasteiger partial charge in [-0.15, -0.1) is 0 Å². The number of hydrogen-bond acceptors (Lipinski definition) is 4. The van der Waals surface area contributed by atoms with E-state index in [0.29, 0.717) is 5.82 Å². The lowest BCUT2D eigenvalue weighted by Crippen LogP contribution is -2.55. The van der Waals surface area contributed by atoms with Crippen LogP contribution in [0.5, 0.6) is 0 Å². The summed E-state index contributed by atoms with van der Waals surface area (Å²) in [5, 5.41) is 0. The molecule has 0 amide bonds. The Balaban J connectivity index is 3.34. The zero-order valence-electron chi connectivity index (χ0n) is 13.6. The molecule has 0 saturated carbocycles. The molecule has 0 aliphatic heterocycles. The van der Waals surface area contributed by atoms with E-state index in [0.717, 1.165) is 37.1 Å². The fraction of sp³-hybridized carbons (Fsp3) is 0.688. The van der Waals surface area contributed by atoms with Gasteiger partial charge in [-0.1, -0.05) is 27.7 Å². The number of nitrogens with two attached hydrogens (primary N) is 2. The number of aryl methyl sites for hydroxylation is 1. The molecule has 0 aliphatic rings. The highest BCUT2D eigenvalue weighted by Gasteiger charge is 2.40. The first kappa shape index (κ1) is 16.9. The van der Waals surface area contributed by atoms with Crippen LogP contribution in [-0.4, -0.2) is 28.5 Å². The smallest absolute Gasteiger partial charge is 0.128 e. The van der Waals surface area contributed by atoms with Gasteiger partial charge in [0.1, 0.15) is 5.82 Å². The summed E-state index contributed by atoms with van der Waals surface area (Å²) in [4.78, 5) is 6.70. The molecule has 4 heteroatoms. The largest absolute Gasteiger partial charge is 0.383 e. The third-order valence-electron chi connectivity index (χ3n) is 4.75. The molecule has 0 saturated heterocycles. The van der Waals surface area contributed by atoms with Crippen molar-refractivity contribution in [3.63, 3.8) is 0 Å². The lowest BCUT2D eigenvalue weighted by Gasteiger charge is -2.47. The average Bonchev–Trinajstić information content (AvgIpc) is 2.44. The second-order valence-corrected chi connectivity index (χ2v) is 5.39. The summed E-state index contributed by atoms with van der Waals surface area (Å²) in [6, 6.07) is 1.87. The Morgan fingerprint density at radius 2 is 1.75 bits per heavy atom. The van der Waals surface area contributed by atoms with Gasteiger partial charge in [0.15, 0.2) is 0 Å². The van der Waals surface area contributed by atoms with E-state index < -0.39 is 0 Å². The number of rotatable bonds is 7. The summed E-state index contributed by atoms with van der Waals surface area (Å²) in [5.41, 5.74) is 14.9. The Hall–Kier alpha value is -1.13. The highest BCUT2D eigenvalue weighted by molar-refractivity contribution is 5.47. The number of aromatic nitrogens is 1. The highest BCUT2D eigenvalue weighted by Crippen LogP contribution is 2.38. The van der Waals surface area contributed by atoms with Crippen molar-refractivity contribution < 1.29 is 0 Å². The molecule has 1 unspecified atom stereocenters. The highest BCUT2D eigenvalue weighted by atomic mass is 15.2. The van der Waals surface area contributed by atoms with E-state index in [1.165, 1.54) is 0 Å². The third-order valence-corrected chi connectivity index (χ3v) is 4.75. The summed E-state index contributed by atoms with van der Waals surface area (Å²) >= 11 is 0. The van der Waals surface area contributed by atoms with Crippen LogP contribution in [0.25, 0.3) is 0 Å². The minimum Gasteiger partial charge on any atom is -0.383 e. The molecule has 0 radical (unpaired) electrons. The molecule has 1 atom stereocenters. The van der Waals surface area contributed by atoms with Gasteiger partial charge >= 0.3 is 0 Å². The number of nitrogens with zero attached hydrogens (tertiary/aromatic N) is 2. The van der Waals surface area contributed by atoms with Crippen molar-refractivity contribution in [1.29, 1.82) is 0 Å². The number of pyridine rings is 1. The van der Waals surface area contributed by atoms with Crippen LogP contribution in [0.3, 0.4) is 0 Å². The number of nitrogen functional groups attached to an aromatic ring is 1. The predicted molar refractivity (Wildman–Crippen MR) is 86.5 cm³/mol. The van der Waals surface area contributed by atoms with E-state index in [2.05, 4.69) is 44.5 Å². The van der Waals surface area contributed by atoms with Crippen LogP contribution in [0, 0.1) is 6.92 Å². The van der Waals surface area contributed by atoms with E-state index in [-0.39, 0.29) is 11.6 Å². The van der Waals surface area contributed by atoms with Gasteiger partial charge in [-0.05, 0) is 44.5 Å². The Labute approximate surface area is 123 Å². The van der Waals surface area contributed by atoms with Crippen LogP contribution < -0.4 is 11.5 Å². The summed E-state index contributed by atoms with van der Waals surface area (Å²) in [7, 11) is 0. The van der Waals surface area contributed by atoms with Gasteiger partial charge in [-0.25, -0.2) is 4.98 Å². The fourth-order valence-corrected chi connectivity index (χ4v) is 3.45. The SMILES string of the molecule is CCN(CC)C(CC)(CC)C(N)c1c(C)ccnc1N. The Morgan fingerprint density at radius 3 is 2.15 bits per heavy atom. The van der Waals surface area contributed by atoms with E-state index in [1.54, 1.807) is 6.20 Å². The van der Waals surface area contributed by atoms with Gasteiger partial charge in [0, 0.05) is 17.3 Å². The quantitative estimate of drug-likeness (QED) is 0.804. The van der Waals surface area contributed by atoms with E-state index in [1.807, 2.05) is 6.07 Å². The molecule has 114 valence electrons. The molecule has 0 aliphatic carbocycles. The number of anilines is 1. The molecule has 0 bridgehead atoms. The van der Waals surface area contributed by atoms with Crippen LogP contribution in [0.15, 0.2) is 12.3 Å². The molecule has 1 heterocycles. The Bertz CT molecular complexity index is 402. The van der Waals surface area contributed by atoms with E-state index in [9.17, 15) is 0 Å². The zero-order valence-corrected chi connectivity index (χ0v) is 13.6. The van der Waals surface area contributed by atoms with Crippen molar-refractivity contribution in [2.24, 2.45) is 5.73 Å². The van der Waals surface area contributed by atoms with Gasteiger partial charge in [0.2, 0.25) is 0 Å². The standard InChI is InChI=1S/C16H30N4/c1-6-16(7-2,20(8-3)9-4)14(17)13-12(5)10-11-19-15(13)18/h10-11,14H,6-9,17H2,1-5H3,(H2,18,19). The summed E-state index contributed by atoms with van der Waals surface area (Å²) < 4.78 is 0. The third kappa shape index (κ3) is 2.81. The maximum Gasteiger partial charge on any atom is 0.128 e. The predicted octanol–water partition coefficient (Wildman–Crippen LogP) is 2.87. The van der Waals surface area contributed by atoms with Crippen LogP contribution in [0.1, 0.15) is 57.7 Å². The minimum absolute atomic E-state index is 0.0641. The monoisotopic (exact) mass is 278 g/mol. The van der Waals surface area contributed by atoms with Crippen molar-refractivity contribution >= 4 is 5.82 Å². The molecule has 1 aromatic heterocycles. The number of hydrogen-bond donors (Lipinski definition) is 2. The van der Waals surface area contributed by atoms with Gasteiger partial charge in [0.25, 0.3) is 0 Å². The lowest BCUT2D eigenvalue weighted by molar-refractivity contribution is 0.0624. The number of likely N-dealkylation sites (N-methyl/N-ethyl adjacent to an activating group) is 1. The molecule has 4 nitrogen and oxygen atoms in total. The molecule has 1 aromatic rings. The van der Waals surface area contributed by atoms with Crippen molar-refractivity contribution in [3.05, 3.63) is 23.4 Å². The molecule has 1 rings (SSSR count). The van der Waals surface area contributed by atoms with E-state index in [4.69, 9.17) is 11.5 Å². The molecule has 20 heavy (non-hydrogen) atoms. The Kier molecular flexibility index (Phi) is 5.96. The van der Waals surface area contributed by atoms with Gasteiger partial charge in [0.05, 0.1) is 6.04 Å². The first-order valence-corrected chi connectivity index (χ1v) is 7.69. The molecule has 4 N–H and O–H groups in total. The second kappa shape index (κ2) is 7.04. The molecule has 0 spiro atoms. The second-order valence-electron chi connectivity index (χ2n) is 5.39. The fourth-order valence-electron chi connectivity index (χ4n) is 3.45. The zero-order chi connectivity index (χ0) is 15.3. The summed E-state index contributed by atoms with van der Waals surface area (Å²) in [6.07, 6.45) is 3.75. The van der Waals surface area contributed by atoms with Crippen molar-refractivity contribution in [2.75, 3.05) is 18.8 Å². The van der Waals surface area contributed by atoms with Crippen molar-refractivity contribution in [3.8, 4) is 0 Å². The molecular formula is C16H30N4. The van der Waals surface area contributed by atoms with Gasteiger partial charge < -0.3 is 11.5 Å². The minimum atomic E-state index is -0.119. The summed E-state index contributed by atoms with van der Waals surface area (Å²) in [6.45, 7) is 12.8. The van der Waals surface area contributed by atoms with Crippen LogP contribution in [0.4, 0.5) is 5.82 Å². The molecular weight excluding hydrogens is 248 g/mol. The normalized spacial score (nSPS) is 13.8. The van der Waals surface area contributed by atoms with Gasteiger partial charge in [-0.2, -0.15) is 0 Å². The van der Waals surface area contributed by atoms with Crippen LogP contribution in [0.2, 0.25) is 0 Å². The first-order valence-electron chi connectivity index (χ1n) is 7.69.